The molecule has 0 atom stereocenters. The maximum absolute atomic E-state index is 10.7. The third-order valence-corrected chi connectivity index (χ3v) is 2.39. The Morgan fingerprint density at radius 1 is 1.40 bits per heavy atom. The van der Waals surface area contributed by atoms with Crippen molar-refractivity contribution < 1.29 is 14.4 Å². The molecular weight excluding hydrogens is 222 g/mol. The van der Waals surface area contributed by atoms with Gasteiger partial charge < -0.3 is 9.47 Å². The van der Waals surface area contributed by atoms with Crippen molar-refractivity contribution in [2.24, 2.45) is 0 Å². The maximum atomic E-state index is 10.7. The minimum Gasteiger partial charge on any atom is -0.495 e. The maximum Gasteiger partial charge on any atom is 0.279 e. The first-order valence-corrected chi connectivity index (χ1v) is 4.46. The van der Waals surface area contributed by atoms with Crippen LogP contribution in [-0.2, 0) is 0 Å². The molecule has 0 radical (unpaired) electrons. The minimum atomic E-state index is -0.503. The summed E-state index contributed by atoms with van der Waals surface area (Å²) in [6.45, 7) is 1.57. The van der Waals surface area contributed by atoms with E-state index in [1.54, 1.807) is 6.92 Å². The van der Waals surface area contributed by atoms with Gasteiger partial charge in [-0.1, -0.05) is 11.6 Å². The monoisotopic (exact) mass is 231 g/mol. The number of rotatable bonds is 3. The van der Waals surface area contributed by atoms with E-state index >= 15 is 0 Å². The summed E-state index contributed by atoms with van der Waals surface area (Å²) in [5, 5.41) is 11.0. The molecule has 1 aromatic carbocycles. The van der Waals surface area contributed by atoms with Crippen molar-refractivity contribution in [3.05, 3.63) is 26.8 Å². The van der Waals surface area contributed by atoms with Crippen LogP contribution in [0.4, 0.5) is 5.69 Å². The van der Waals surface area contributed by atoms with Gasteiger partial charge in [0.2, 0.25) is 0 Å². The molecule has 6 heteroatoms. The van der Waals surface area contributed by atoms with Crippen molar-refractivity contribution in [1.29, 1.82) is 0 Å². The molecule has 0 N–H and O–H groups in total. The first kappa shape index (κ1) is 11.6. The van der Waals surface area contributed by atoms with E-state index in [4.69, 9.17) is 21.1 Å². The fourth-order valence-corrected chi connectivity index (χ4v) is 1.62. The molecule has 0 spiro atoms. The molecule has 0 aromatic heterocycles. The number of nitro benzene ring substituents is 1. The highest BCUT2D eigenvalue weighted by Gasteiger charge is 2.21. The molecule has 15 heavy (non-hydrogen) atoms. The molecule has 0 aliphatic rings. The van der Waals surface area contributed by atoms with Crippen molar-refractivity contribution in [3.63, 3.8) is 0 Å². The average molecular weight is 232 g/mol. The highest BCUT2D eigenvalue weighted by Crippen LogP contribution is 2.41. The van der Waals surface area contributed by atoms with Gasteiger partial charge in [0.1, 0.15) is 10.8 Å². The molecule has 0 saturated carbocycles. The van der Waals surface area contributed by atoms with E-state index in [2.05, 4.69) is 0 Å². The zero-order valence-corrected chi connectivity index (χ0v) is 9.29. The zero-order chi connectivity index (χ0) is 11.6. The van der Waals surface area contributed by atoms with Gasteiger partial charge in [0, 0.05) is 0 Å². The number of methoxy groups -OCH3 is 2. The molecule has 1 rings (SSSR count). The lowest BCUT2D eigenvalue weighted by Crippen LogP contribution is -1.98. The van der Waals surface area contributed by atoms with Gasteiger partial charge in [0.25, 0.3) is 5.69 Å². The number of halogens is 1. The third kappa shape index (κ3) is 1.97. The van der Waals surface area contributed by atoms with Crippen molar-refractivity contribution in [3.8, 4) is 11.5 Å². The number of nitrogens with zero attached hydrogens (tertiary/aromatic N) is 1. The van der Waals surface area contributed by atoms with Gasteiger partial charge in [-0.15, -0.1) is 0 Å². The van der Waals surface area contributed by atoms with E-state index in [0.29, 0.717) is 5.56 Å². The largest absolute Gasteiger partial charge is 0.495 e. The lowest BCUT2D eigenvalue weighted by Gasteiger charge is -2.10. The summed E-state index contributed by atoms with van der Waals surface area (Å²) in [7, 11) is 2.79. The normalized spacial score (nSPS) is 9.87. The Kier molecular flexibility index (Phi) is 3.36. The quantitative estimate of drug-likeness (QED) is 0.593. The molecule has 5 nitrogen and oxygen atoms in total. The summed E-state index contributed by atoms with van der Waals surface area (Å²) < 4.78 is 9.91. The van der Waals surface area contributed by atoms with Gasteiger partial charge >= 0.3 is 0 Å². The van der Waals surface area contributed by atoms with Crippen LogP contribution in [0.1, 0.15) is 5.56 Å². The van der Waals surface area contributed by atoms with Gasteiger partial charge in [-0.25, -0.2) is 0 Å². The van der Waals surface area contributed by atoms with Gasteiger partial charge in [-0.3, -0.25) is 10.1 Å². The third-order valence-electron chi connectivity index (χ3n) is 2.03. The van der Waals surface area contributed by atoms with E-state index in [1.165, 1.54) is 20.3 Å². The lowest BCUT2D eigenvalue weighted by molar-refractivity contribution is -0.385. The summed E-state index contributed by atoms with van der Waals surface area (Å²) in [4.78, 5) is 10.2. The van der Waals surface area contributed by atoms with Gasteiger partial charge in [-0.2, -0.15) is 0 Å². The van der Waals surface area contributed by atoms with E-state index in [9.17, 15) is 10.1 Å². The standard InChI is InChI=1S/C9H10ClNO4/c1-5-6(11(12)13)4-7(14-2)8(10)9(5)15-3/h4H,1-3H3. The average Bonchev–Trinajstić information content (AvgIpc) is 2.18. The Morgan fingerprint density at radius 3 is 2.40 bits per heavy atom. The van der Waals surface area contributed by atoms with E-state index in [0.717, 1.165) is 0 Å². The van der Waals surface area contributed by atoms with Crippen molar-refractivity contribution in [1.82, 2.24) is 0 Å². The Bertz CT molecular complexity index is 406. The molecular formula is C9H10ClNO4. The highest BCUT2D eigenvalue weighted by atomic mass is 35.5. The molecule has 0 fully saturated rings. The van der Waals surface area contributed by atoms with E-state index < -0.39 is 4.92 Å². The van der Waals surface area contributed by atoms with Crippen LogP contribution >= 0.6 is 11.6 Å². The fourth-order valence-electron chi connectivity index (χ4n) is 1.27. The Morgan fingerprint density at radius 2 is 2.00 bits per heavy atom. The summed E-state index contributed by atoms with van der Waals surface area (Å²) in [5.74, 6) is 0.494. The number of ether oxygens (including phenoxy) is 2. The zero-order valence-electron chi connectivity index (χ0n) is 8.54. The van der Waals surface area contributed by atoms with Gasteiger partial charge in [0.15, 0.2) is 5.75 Å². The first-order valence-electron chi connectivity index (χ1n) is 4.08. The van der Waals surface area contributed by atoms with E-state index in [-0.39, 0.29) is 22.2 Å². The van der Waals surface area contributed by atoms with Crippen molar-refractivity contribution >= 4 is 17.3 Å². The van der Waals surface area contributed by atoms with Crippen LogP contribution in [0.5, 0.6) is 11.5 Å². The summed E-state index contributed by atoms with van der Waals surface area (Å²) in [6, 6.07) is 1.28. The molecule has 0 unspecified atom stereocenters. The molecule has 0 saturated heterocycles. The van der Waals surface area contributed by atoms with Crippen LogP contribution in [-0.4, -0.2) is 19.1 Å². The SMILES string of the molecule is COc1cc([N+](=O)[O-])c(C)c(OC)c1Cl. The Labute approximate surface area is 91.7 Å². The summed E-state index contributed by atoms with van der Waals surface area (Å²) in [5.41, 5.74) is 0.307. The Hall–Kier alpha value is -1.49. The second kappa shape index (κ2) is 4.35. The van der Waals surface area contributed by atoms with Crippen molar-refractivity contribution in [2.75, 3.05) is 14.2 Å². The Balaban J connectivity index is 3.51. The molecule has 82 valence electrons. The molecule has 0 aliphatic carbocycles. The van der Waals surface area contributed by atoms with Crippen LogP contribution in [0.3, 0.4) is 0 Å². The highest BCUT2D eigenvalue weighted by molar-refractivity contribution is 6.33. The minimum absolute atomic E-state index is 0.0758. The summed E-state index contributed by atoms with van der Waals surface area (Å²) in [6.07, 6.45) is 0. The van der Waals surface area contributed by atoms with Crippen LogP contribution in [0.2, 0.25) is 5.02 Å². The van der Waals surface area contributed by atoms with E-state index in [1.807, 2.05) is 0 Å². The number of benzene rings is 1. The molecule has 1 aromatic rings. The number of hydrogen-bond acceptors (Lipinski definition) is 4. The van der Waals surface area contributed by atoms with Crippen LogP contribution < -0.4 is 9.47 Å². The fraction of sp³-hybridized carbons (Fsp3) is 0.333. The smallest absolute Gasteiger partial charge is 0.279 e. The molecule has 0 bridgehead atoms. The molecule has 0 heterocycles. The lowest BCUT2D eigenvalue weighted by atomic mass is 10.1. The second-order valence-electron chi connectivity index (χ2n) is 2.83. The second-order valence-corrected chi connectivity index (χ2v) is 3.21. The predicted octanol–water partition coefficient (Wildman–Crippen LogP) is 2.57. The van der Waals surface area contributed by atoms with Crippen molar-refractivity contribution in [2.45, 2.75) is 6.92 Å². The number of hydrogen-bond donors (Lipinski definition) is 0. The summed E-state index contributed by atoms with van der Waals surface area (Å²) >= 11 is 5.92. The number of nitro groups is 1. The topological polar surface area (TPSA) is 61.6 Å². The molecule has 0 aliphatic heterocycles. The van der Waals surface area contributed by atoms with Crippen LogP contribution in [0.25, 0.3) is 0 Å². The van der Waals surface area contributed by atoms with Crippen LogP contribution in [0.15, 0.2) is 6.07 Å². The molecule has 0 amide bonds. The van der Waals surface area contributed by atoms with Gasteiger partial charge in [-0.05, 0) is 6.92 Å². The van der Waals surface area contributed by atoms with Crippen LogP contribution in [0, 0.1) is 17.0 Å². The first-order chi connectivity index (χ1) is 7.02. The van der Waals surface area contributed by atoms with Gasteiger partial charge in [0.05, 0.1) is 30.8 Å². The predicted molar refractivity (Wildman–Crippen MR) is 55.9 cm³/mol.